The second-order valence-electron chi connectivity index (χ2n) is 4.73. The van der Waals surface area contributed by atoms with Gasteiger partial charge < -0.3 is 0 Å². The standard InChI is InChI=1S/C16H16ClF/c1-10-4-7-15(18)14(8-10)16(17)13-6-5-11(2)12(3)9-13/h4-9,16H,1-3H3. The third-order valence-corrected chi connectivity index (χ3v) is 3.74. The molecule has 18 heavy (non-hydrogen) atoms. The van der Waals surface area contributed by atoms with Crippen molar-refractivity contribution < 1.29 is 4.39 Å². The Kier molecular flexibility index (Phi) is 3.72. The molecule has 0 spiro atoms. The molecule has 2 rings (SSSR count). The van der Waals surface area contributed by atoms with Crippen molar-refractivity contribution in [3.05, 3.63) is 70.0 Å². The normalized spacial score (nSPS) is 12.5. The maximum atomic E-state index is 13.8. The van der Waals surface area contributed by atoms with Gasteiger partial charge in [-0.3, -0.25) is 0 Å². The lowest BCUT2D eigenvalue weighted by Gasteiger charge is -2.13. The lowest BCUT2D eigenvalue weighted by atomic mass is 9.99. The highest BCUT2D eigenvalue weighted by atomic mass is 35.5. The van der Waals surface area contributed by atoms with Gasteiger partial charge >= 0.3 is 0 Å². The first-order valence-corrected chi connectivity index (χ1v) is 6.40. The van der Waals surface area contributed by atoms with Gasteiger partial charge in [-0.05, 0) is 43.5 Å². The third kappa shape index (κ3) is 2.56. The fourth-order valence-corrected chi connectivity index (χ4v) is 2.26. The molecule has 0 radical (unpaired) electrons. The third-order valence-electron chi connectivity index (χ3n) is 3.25. The van der Waals surface area contributed by atoms with Gasteiger partial charge in [0.15, 0.2) is 0 Å². The largest absolute Gasteiger partial charge is 0.207 e. The van der Waals surface area contributed by atoms with E-state index < -0.39 is 5.38 Å². The molecule has 94 valence electrons. The van der Waals surface area contributed by atoms with E-state index >= 15 is 0 Å². The summed E-state index contributed by atoms with van der Waals surface area (Å²) in [5, 5.41) is -0.441. The van der Waals surface area contributed by atoms with Gasteiger partial charge in [-0.1, -0.05) is 35.9 Å². The van der Waals surface area contributed by atoms with Gasteiger partial charge in [0.25, 0.3) is 0 Å². The van der Waals surface area contributed by atoms with Gasteiger partial charge in [0.2, 0.25) is 0 Å². The number of halogens is 2. The highest BCUT2D eigenvalue weighted by Gasteiger charge is 2.15. The maximum Gasteiger partial charge on any atom is 0.128 e. The Hall–Kier alpha value is -1.34. The smallest absolute Gasteiger partial charge is 0.128 e. The molecule has 0 N–H and O–H groups in total. The van der Waals surface area contributed by atoms with Crippen molar-refractivity contribution in [1.82, 2.24) is 0 Å². The molecule has 0 fully saturated rings. The van der Waals surface area contributed by atoms with Crippen LogP contribution in [0.3, 0.4) is 0 Å². The molecule has 0 heterocycles. The molecular weight excluding hydrogens is 247 g/mol. The zero-order chi connectivity index (χ0) is 13.3. The fourth-order valence-electron chi connectivity index (χ4n) is 1.96. The Labute approximate surface area is 112 Å². The molecule has 0 amide bonds. The van der Waals surface area contributed by atoms with Gasteiger partial charge in [-0.15, -0.1) is 11.6 Å². The molecule has 1 unspecified atom stereocenters. The molecule has 0 saturated heterocycles. The van der Waals surface area contributed by atoms with Crippen LogP contribution in [-0.4, -0.2) is 0 Å². The van der Waals surface area contributed by atoms with Crippen molar-refractivity contribution in [3.8, 4) is 0 Å². The van der Waals surface area contributed by atoms with E-state index in [9.17, 15) is 4.39 Å². The van der Waals surface area contributed by atoms with Crippen molar-refractivity contribution in [2.45, 2.75) is 26.1 Å². The van der Waals surface area contributed by atoms with Gasteiger partial charge in [0.1, 0.15) is 5.82 Å². The molecule has 2 heteroatoms. The van der Waals surface area contributed by atoms with Crippen LogP contribution in [0.4, 0.5) is 4.39 Å². The molecule has 0 saturated carbocycles. The first-order valence-electron chi connectivity index (χ1n) is 5.96. The molecule has 2 aromatic rings. The summed E-state index contributed by atoms with van der Waals surface area (Å²) in [6.07, 6.45) is 0. The number of aryl methyl sites for hydroxylation is 3. The predicted octanol–water partition coefficient (Wildman–Crippen LogP) is 5.08. The van der Waals surface area contributed by atoms with Crippen LogP contribution in [0.5, 0.6) is 0 Å². The Bertz CT molecular complexity index is 575. The fraction of sp³-hybridized carbons (Fsp3) is 0.250. The number of benzene rings is 2. The van der Waals surface area contributed by atoms with E-state index in [0.29, 0.717) is 5.56 Å². The molecular formula is C16H16ClF. The SMILES string of the molecule is Cc1ccc(F)c(C(Cl)c2ccc(C)c(C)c2)c1. The molecule has 0 bridgehead atoms. The van der Waals surface area contributed by atoms with E-state index in [1.807, 2.05) is 38.1 Å². The first kappa shape index (κ1) is 13.1. The van der Waals surface area contributed by atoms with Crippen LogP contribution in [0.25, 0.3) is 0 Å². The van der Waals surface area contributed by atoms with Crippen LogP contribution in [0.15, 0.2) is 36.4 Å². The van der Waals surface area contributed by atoms with Crippen LogP contribution in [0, 0.1) is 26.6 Å². The molecule has 2 aromatic carbocycles. The lowest BCUT2D eigenvalue weighted by Crippen LogP contribution is -1.98. The van der Waals surface area contributed by atoms with E-state index in [1.165, 1.54) is 17.2 Å². The van der Waals surface area contributed by atoms with Crippen molar-refractivity contribution in [1.29, 1.82) is 0 Å². The summed E-state index contributed by atoms with van der Waals surface area (Å²) >= 11 is 6.39. The van der Waals surface area contributed by atoms with Crippen molar-refractivity contribution in [3.63, 3.8) is 0 Å². The van der Waals surface area contributed by atoms with Crippen LogP contribution < -0.4 is 0 Å². The topological polar surface area (TPSA) is 0 Å². The molecule has 0 aliphatic carbocycles. The highest BCUT2D eigenvalue weighted by molar-refractivity contribution is 6.22. The minimum atomic E-state index is -0.441. The number of alkyl halides is 1. The van der Waals surface area contributed by atoms with Crippen molar-refractivity contribution in [2.24, 2.45) is 0 Å². The van der Waals surface area contributed by atoms with E-state index in [0.717, 1.165) is 11.1 Å². The maximum absolute atomic E-state index is 13.8. The Morgan fingerprint density at radius 1 is 0.944 bits per heavy atom. The quantitative estimate of drug-likeness (QED) is 0.662. The minimum Gasteiger partial charge on any atom is -0.207 e. The van der Waals surface area contributed by atoms with Crippen LogP contribution in [0.2, 0.25) is 0 Å². The Morgan fingerprint density at radius 2 is 1.67 bits per heavy atom. The number of hydrogen-bond acceptors (Lipinski definition) is 0. The summed E-state index contributed by atoms with van der Waals surface area (Å²) in [7, 11) is 0. The number of hydrogen-bond donors (Lipinski definition) is 0. The zero-order valence-corrected chi connectivity index (χ0v) is 11.6. The van der Waals surface area contributed by atoms with E-state index in [2.05, 4.69) is 6.92 Å². The monoisotopic (exact) mass is 262 g/mol. The van der Waals surface area contributed by atoms with Crippen molar-refractivity contribution in [2.75, 3.05) is 0 Å². The molecule has 0 aromatic heterocycles. The second-order valence-corrected chi connectivity index (χ2v) is 5.17. The summed E-state index contributed by atoms with van der Waals surface area (Å²) in [5.74, 6) is -0.251. The highest BCUT2D eigenvalue weighted by Crippen LogP contribution is 2.32. The summed E-state index contributed by atoms with van der Waals surface area (Å²) < 4.78 is 13.8. The van der Waals surface area contributed by atoms with Gasteiger partial charge in [-0.2, -0.15) is 0 Å². The van der Waals surface area contributed by atoms with Crippen molar-refractivity contribution >= 4 is 11.6 Å². The summed E-state index contributed by atoms with van der Waals surface area (Å²) in [6, 6.07) is 11.0. The molecule has 0 aliphatic rings. The summed E-state index contributed by atoms with van der Waals surface area (Å²) in [5.41, 5.74) is 4.88. The minimum absolute atomic E-state index is 0.251. The summed E-state index contributed by atoms with van der Waals surface area (Å²) in [4.78, 5) is 0. The number of rotatable bonds is 2. The molecule has 1 atom stereocenters. The molecule has 0 nitrogen and oxygen atoms in total. The van der Waals surface area contributed by atoms with Gasteiger partial charge in [-0.25, -0.2) is 4.39 Å². The van der Waals surface area contributed by atoms with Gasteiger partial charge in [0, 0.05) is 5.56 Å². The van der Waals surface area contributed by atoms with Crippen LogP contribution in [0.1, 0.15) is 33.2 Å². The van der Waals surface area contributed by atoms with Crippen LogP contribution in [-0.2, 0) is 0 Å². The molecule has 0 aliphatic heterocycles. The summed E-state index contributed by atoms with van der Waals surface area (Å²) in [6.45, 7) is 6.03. The first-order chi connectivity index (χ1) is 8.49. The average molecular weight is 263 g/mol. The zero-order valence-electron chi connectivity index (χ0n) is 10.8. The lowest BCUT2D eigenvalue weighted by molar-refractivity contribution is 0.612. The van der Waals surface area contributed by atoms with E-state index in [4.69, 9.17) is 11.6 Å². The van der Waals surface area contributed by atoms with Gasteiger partial charge in [0.05, 0.1) is 5.38 Å². The predicted molar refractivity (Wildman–Crippen MR) is 74.7 cm³/mol. The van der Waals surface area contributed by atoms with Crippen LogP contribution >= 0.6 is 11.6 Å². The Balaban J connectivity index is 2.44. The second kappa shape index (κ2) is 5.11. The van der Waals surface area contributed by atoms with E-state index in [-0.39, 0.29) is 5.82 Å². The Morgan fingerprint density at radius 3 is 2.33 bits per heavy atom. The average Bonchev–Trinajstić information content (AvgIpc) is 2.35. The van der Waals surface area contributed by atoms with E-state index in [1.54, 1.807) is 6.07 Å².